The molecule has 1 aromatic rings. The molecule has 1 amide bonds. The van der Waals surface area contributed by atoms with Crippen LogP contribution in [0.5, 0.6) is 0 Å². The van der Waals surface area contributed by atoms with E-state index in [1.807, 2.05) is 26.8 Å². The SMILES string of the molecule is CC(C)(C)OCc1ccnc(C(=O)NCCO)c1.[HH]. The van der Waals surface area contributed by atoms with Gasteiger partial charge in [-0.15, -0.1) is 0 Å². The van der Waals surface area contributed by atoms with E-state index in [-0.39, 0.29) is 26.1 Å². The predicted octanol–water partition coefficient (Wildman–Crippen LogP) is 1.36. The van der Waals surface area contributed by atoms with Crippen molar-refractivity contribution in [2.75, 3.05) is 13.2 Å². The first-order chi connectivity index (χ1) is 8.42. The maximum Gasteiger partial charge on any atom is 0.269 e. The number of ether oxygens (including phenoxy) is 1. The standard InChI is InChI=1S/C13H20N2O3.H2/c1-13(2,3)18-9-10-4-5-14-11(8-10)12(17)15-6-7-16;/h4-5,8,16H,6-7,9H2,1-3H3,(H,15,17);1H. The van der Waals surface area contributed by atoms with Crippen molar-refractivity contribution >= 4 is 5.91 Å². The quantitative estimate of drug-likeness (QED) is 0.832. The molecular formula is C13H22N2O3. The van der Waals surface area contributed by atoms with Crippen molar-refractivity contribution in [1.29, 1.82) is 0 Å². The van der Waals surface area contributed by atoms with Gasteiger partial charge in [-0.1, -0.05) is 0 Å². The van der Waals surface area contributed by atoms with E-state index in [9.17, 15) is 4.79 Å². The van der Waals surface area contributed by atoms with Crippen LogP contribution in [0.1, 0.15) is 38.2 Å². The van der Waals surface area contributed by atoms with Crippen molar-refractivity contribution in [3.8, 4) is 0 Å². The highest BCUT2D eigenvalue weighted by atomic mass is 16.5. The first kappa shape index (κ1) is 14.6. The average molecular weight is 254 g/mol. The van der Waals surface area contributed by atoms with Gasteiger partial charge in [0.1, 0.15) is 5.69 Å². The molecule has 1 rings (SSSR count). The largest absolute Gasteiger partial charge is 0.395 e. The Labute approximate surface area is 109 Å². The fraction of sp³-hybridized carbons (Fsp3) is 0.538. The summed E-state index contributed by atoms with van der Waals surface area (Å²) < 4.78 is 5.63. The maximum absolute atomic E-state index is 11.6. The number of hydrogen-bond donors (Lipinski definition) is 2. The highest BCUT2D eigenvalue weighted by Gasteiger charge is 2.11. The highest BCUT2D eigenvalue weighted by Crippen LogP contribution is 2.12. The summed E-state index contributed by atoms with van der Waals surface area (Å²) in [5.74, 6) is -0.290. The summed E-state index contributed by atoms with van der Waals surface area (Å²) in [6.07, 6.45) is 1.58. The average Bonchev–Trinajstić information content (AvgIpc) is 2.33. The van der Waals surface area contributed by atoms with E-state index in [1.165, 1.54) is 0 Å². The number of rotatable bonds is 5. The third kappa shape index (κ3) is 5.25. The number of carbonyl (C=O) groups is 1. The third-order valence-electron chi connectivity index (χ3n) is 2.13. The summed E-state index contributed by atoms with van der Waals surface area (Å²) in [5, 5.41) is 11.2. The summed E-state index contributed by atoms with van der Waals surface area (Å²) in [4.78, 5) is 15.6. The minimum Gasteiger partial charge on any atom is -0.395 e. The zero-order valence-corrected chi connectivity index (χ0v) is 11.1. The summed E-state index contributed by atoms with van der Waals surface area (Å²) in [5.41, 5.74) is 1.01. The number of aromatic nitrogens is 1. The Kier molecular flexibility index (Phi) is 5.25. The van der Waals surface area contributed by atoms with Crippen LogP contribution >= 0.6 is 0 Å². The molecule has 0 aliphatic heterocycles. The van der Waals surface area contributed by atoms with Crippen molar-refractivity contribution in [3.05, 3.63) is 29.6 Å². The van der Waals surface area contributed by atoms with Crippen molar-refractivity contribution in [2.45, 2.75) is 33.0 Å². The van der Waals surface area contributed by atoms with Gasteiger partial charge >= 0.3 is 0 Å². The van der Waals surface area contributed by atoms with Crippen LogP contribution in [0.2, 0.25) is 0 Å². The third-order valence-corrected chi connectivity index (χ3v) is 2.13. The molecule has 0 unspecified atom stereocenters. The fourth-order valence-corrected chi connectivity index (χ4v) is 1.25. The minimum absolute atomic E-state index is 0. The molecule has 0 saturated heterocycles. The first-order valence-corrected chi connectivity index (χ1v) is 5.90. The zero-order valence-electron chi connectivity index (χ0n) is 11.1. The maximum atomic E-state index is 11.6. The van der Waals surface area contributed by atoms with Crippen LogP contribution in [0.3, 0.4) is 0 Å². The molecule has 1 aromatic heterocycles. The molecule has 0 atom stereocenters. The first-order valence-electron chi connectivity index (χ1n) is 5.90. The number of carbonyl (C=O) groups excluding carboxylic acids is 1. The minimum atomic E-state index is -0.290. The molecule has 0 aliphatic rings. The van der Waals surface area contributed by atoms with E-state index >= 15 is 0 Å². The Hall–Kier alpha value is -1.46. The van der Waals surface area contributed by atoms with Crippen LogP contribution in [0.15, 0.2) is 18.3 Å². The number of hydrogen-bond acceptors (Lipinski definition) is 4. The van der Waals surface area contributed by atoms with Gasteiger partial charge in [-0.25, -0.2) is 0 Å². The van der Waals surface area contributed by atoms with E-state index in [0.717, 1.165) is 5.56 Å². The lowest BCUT2D eigenvalue weighted by Gasteiger charge is -2.19. The van der Waals surface area contributed by atoms with Gasteiger partial charge in [-0.05, 0) is 38.5 Å². The van der Waals surface area contributed by atoms with Gasteiger partial charge in [0, 0.05) is 14.2 Å². The molecule has 0 bridgehead atoms. The fourth-order valence-electron chi connectivity index (χ4n) is 1.25. The number of amides is 1. The van der Waals surface area contributed by atoms with Gasteiger partial charge in [0.05, 0.1) is 18.8 Å². The Morgan fingerprint density at radius 1 is 1.56 bits per heavy atom. The predicted molar refractivity (Wildman–Crippen MR) is 70.3 cm³/mol. The smallest absolute Gasteiger partial charge is 0.269 e. The Bertz CT molecular complexity index is 405. The molecule has 0 fully saturated rings. The normalized spacial score (nSPS) is 11.3. The molecular weight excluding hydrogens is 232 g/mol. The zero-order chi connectivity index (χ0) is 13.6. The lowest BCUT2D eigenvalue weighted by atomic mass is 10.2. The number of nitrogens with one attached hydrogen (secondary N) is 1. The number of aliphatic hydroxyl groups excluding tert-OH is 1. The van der Waals surface area contributed by atoms with Crippen LogP contribution in [0.25, 0.3) is 0 Å². The molecule has 5 nitrogen and oxygen atoms in total. The second kappa shape index (κ2) is 6.47. The molecule has 1 heterocycles. The van der Waals surface area contributed by atoms with Crippen molar-refractivity contribution in [3.63, 3.8) is 0 Å². The number of aliphatic hydroxyl groups is 1. The topological polar surface area (TPSA) is 71.5 Å². The number of pyridine rings is 1. The Morgan fingerprint density at radius 2 is 2.28 bits per heavy atom. The second-order valence-corrected chi connectivity index (χ2v) is 4.93. The molecule has 18 heavy (non-hydrogen) atoms. The molecule has 0 spiro atoms. The van der Waals surface area contributed by atoms with Crippen molar-refractivity contribution in [1.82, 2.24) is 10.3 Å². The van der Waals surface area contributed by atoms with Gasteiger partial charge in [0.2, 0.25) is 0 Å². The highest BCUT2D eigenvalue weighted by molar-refractivity contribution is 5.92. The molecule has 102 valence electrons. The summed E-state index contributed by atoms with van der Waals surface area (Å²) in [7, 11) is 0. The van der Waals surface area contributed by atoms with Gasteiger partial charge < -0.3 is 15.2 Å². The molecule has 0 saturated carbocycles. The summed E-state index contributed by atoms with van der Waals surface area (Å²) in [6.45, 7) is 6.50. The summed E-state index contributed by atoms with van der Waals surface area (Å²) >= 11 is 0. The lowest BCUT2D eigenvalue weighted by Crippen LogP contribution is -2.27. The van der Waals surface area contributed by atoms with Crippen LogP contribution in [-0.2, 0) is 11.3 Å². The molecule has 0 aromatic carbocycles. The van der Waals surface area contributed by atoms with Gasteiger partial charge in [-0.2, -0.15) is 0 Å². The van der Waals surface area contributed by atoms with Gasteiger partial charge in [-0.3, -0.25) is 9.78 Å². The molecule has 2 N–H and O–H groups in total. The number of nitrogens with zero attached hydrogens (tertiary/aromatic N) is 1. The van der Waals surface area contributed by atoms with Crippen molar-refractivity contribution < 1.29 is 16.1 Å². The van der Waals surface area contributed by atoms with Crippen LogP contribution in [0.4, 0.5) is 0 Å². The Balaban J connectivity index is 0.00000324. The molecule has 5 heteroatoms. The van der Waals surface area contributed by atoms with Crippen LogP contribution in [0, 0.1) is 0 Å². The molecule has 0 aliphatic carbocycles. The van der Waals surface area contributed by atoms with E-state index in [1.54, 1.807) is 12.3 Å². The van der Waals surface area contributed by atoms with Crippen LogP contribution in [-0.4, -0.2) is 34.8 Å². The van der Waals surface area contributed by atoms with Gasteiger partial charge in [0.15, 0.2) is 0 Å². The van der Waals surface area contributed by atoms with Gasteiger partial charge in [0.25, 0.3) is 5.91 Å². The van der Waals surface area contributed by atoms with E-state index in [0.29, 0.717) is 12.3 Å². The Morgan fingerprint density at radius 3 is 2.89 bits per heavy atom. The van der Waals surface area contributed by atoms with E-state index < -0.39 is 0 Å². The van der Waals surface area contributed by atoms with Crippen molar-refractivity contribution in [2.24, 2.45) is 0 Å². The van der Waals surface area contributed by atoms with E-state index in [4.69, 9.17) is 9.84 Å². The second-order valence-electron chi connectivity index (χ2n) is 4.93. The summed E-state index contributed by atoms with van der Waals surface area (Å²) in [6, 6.07) is 3.51. The van der Waals surface area contributed by atoms with E-state index in [2.05, 4.69) is 10.3 Å². The molecule has 0 radical (unpaired) electrons. The lowest BCUT2D eigenvalue weighted by molar-refractivity contribution is -0.0150. The monoisotopic (exact) mass is 254 g/mol. The van der Waals surface area contributed by atoms with Crippen LogP contribution < -0.4 is 5.32 Å².